The maximum atomic E-state index is 13.4. The Balaban J connectivity index is 1.67. The van der Waals surface area contributed by atoms with Gasteiger partial charge in [-0.05, 0) is 83.9 Å². The topological polar surface area (TPSA) is 121 Å². The zero-order valence-corrected chi connectivity index (χ0v) is 23.9. The molecule has 2 aromatic carbocycles. The lowest BCUT2D eigenvalue weighted by atomic mass is 9.70. The average molecular weight is 595 g/mol. The molecule has 0 fully saturated rings. The Morgan fingerprint density at radius 2 is 1.95 bits per heavy atom. The quantitative estimate of drug-likeness (QED) is 0.316. The molecule has 3 unspecified atom stereocenters. The highest BCUT2D eigenvalue weighted by Crippen LogP contribution is 2.48. The molecule has 0 spiro atoms. The Morgan fingerprint density at radius 1 is 1.21 bits per heavy atom. The van der Waals surface area contributed by atoms with Gasteiger partial charge in [-0.15, -0.1) is 0 Å². The zero-order chi connectivity index (χ0) is 28.1. The van der Waals surface area contributed by atoms with Gasteiger partial charge in [0.1, 0.15) is 6.61 Å². The molecule has 8 nitrogen and oxygen atoms in total. The summed E-state index contributed by atoms with van der Waals surface area (Å²) in [6.45, 7) is 6.51. The first-order valence-electron chi connectivity index (χ1n) is 13.1. The van der Waals surface area contributed by atoms with Gasteiger partial charge in [-0.25, -0.2) is 4.79 Å². The number of ketones is 1. The third-order valence-corrected chi connectivity index (χ3v) is 7.68. The summed E-state index contributed by atoms with van der Waals surface area (Å²) in [6.07, 6.45) is 2.11. The lowest BCUT2D eigenvalue weighted by molar-refractivity contribution is -0.117. The fourth-order valence-corrected chi connectivity index (χ4v) is 5.99. The summed E-state index contributed by atoms with van der Waals surface area (Å²) < 4.78 is 12.8. The Morgan fingerprint density at radius 3 is 2.59 bits per heavy atom. The first kappa shape index (κ1) is 28.4. The first-order valence-corrected chi connectivity index (χ1v) is 13.9. The number of carboxylic acid groups (broad SMARTS) is 1. The fraction of sp³-hybridized carbons (Fsp3) is 0.400. The van der Waals surface area contributed by atoms with Crippen molar-refractivity contribution in [1.82, 2.24) is 0 Å². The van der Waals surface area contributed by atoms with Gasteiger partial charge in [0.2, 0.25) is 0 Å². The van der Waals surface area contributed by atoms with E-state index in [1.807, 2.05) is 26.0 Å². The number of hydrogen-bond donors (Lipinski definition) is 2. The van der Waals surface area contributed by atoms with Crippen molar-refractivity contribution in [3.8, 4) is 17.6 Å². The van der Waals surface area contributed by atoms with Gasteiger partial charge in [0.15, 0.2) is 17.3 Å². The number of allylic oxidation sites excluding steroid dienone is 2. The van der Waals surface area contributed by atoms with Crippen molar-refractivity contribution in [2.45, 2.75) is 59.0 Å². The van der Waals surface area contributed by atoms with Crippen LogP contribution in [0.4, 0.5) is 10.5 Å². The smallest absolute Gasteiger partial charge is 0.409 e. The molecule has 2 N–H and O–H groups in total. The molecule has 0 saturated carbocycles. The van der Waals surface area contributed by atoms with E-state index in [2.05, 4.69) is 34.2 Å². The highest BCUT2D eigenvalue weighted by Gasteiger charge is 2.41. The minimum Gasteiger partial charge on any atom is -0.490 e. The normalized spacial score (nSPS) is 20.5. The summed E-state index contributed by atoms with van der Waals surface area (Å²) in [5, 5.41) is 21.3. The van der Waals surface area contributed by atoms with Crippen LogP contribution in [0.5, 0.6) is 11.5 Å². The molecule has 1 amide bonds. The molecule has 1 heterocycles. The molecule has 0 bridgehead atoms. The average Bonchev–Trinajstić information content (AvgIpc) is 2.88. The molecule has 0 aromatic heterocycles. The molecule has 204 valence electrons. The van der Waals surface area contributed by atoms with Crippen LogP contribution >= 0.6 is 15.9 Å². The van der Waals surface area contributed by atoms with E-state index in [4.69, 9.17) is 19.6 Å². The number of amides is 1. The lowest BCUT2D eigenvalue weighted by Crippen LogP contribution is -2.32. The summed E-state index contributed by atoms with van der Waals surface area (Å²) in [7, 11) is 0. The van der Waals surface area contributed by atoms with E-state index in [9.17, 15) is 14.9 Å². The molecular weight excluding hydrogens is 562 g/mol. The third kappa shape index (κ3) is 6.34. The molecule has 9 heteroatoms. The lowest BCUT2D eigenvalue weighted by Gasteiger charge is -2.35. The zero-order valence-electron chi connectivity index (χ0n) is 22.3. The van der Waals surface area contributed by atoms with E-state index in [0.717, 1.165) is 41.8 Å². The molecule has 1 aliphatic carbocycles. The van der Waals surface area contributed by atoms with Crippen molar-refractivity contribution in [2.75, 3.05) is 11.9 Å². The second-order valence-corrected chi connectivity index (χ2v) is 10.7. The Bertz CT molecular complexity index is 1360. The molecule has 2 aromatic rings. The van der Waals surface area contributed by atoms with Crippen molar-refractivity contribution in [1.29, 1.82) is 5.26 Å². The van der Waals surface area contributed by atoms with Gasteiger partial charge < -0.3 is 14.6 Å². The van der Waals surface area contributed by atoms with Crippen molar-refractivity contribution in [3.63, 3.8) is 0 Å². The van der Waals surface area contributed by atoms with Crippen molar-refractivity contribution in [3.05, 3.63) is 63.3 Å². The van der Waals surface area contributed by atoms with E-state index in [0.29, 0.717) is 40.3 Å². The summed E-state index contributed by atoms with van der Waals surface area (Å²) in [5.74, 6) is 0.393. The number of carbonyl (C=O) groups excluding carboxylic acids is 1. The monoisotopic (exact) mass is 593 g/mol. The molecule has 2 aliphatic rings. The number of halogens is 1. The molecule has 39 heavy (non-hydrogen) atoms. The summed E-state index contributed by atoms with van der Waals surface area (Å²) in [6, 6.07) is 13.1. The third-order valence-electron chi connectivity index (χ3n) is 7.09. The molecule has 4 rings (SSSR count). The molecule has 3 atom stereocenters. The van der Waals surface area contributed by atoms with Gasteiger partial charge in [0.25, 0.3) is 0 Å². The number of rotatable bonds is 9. The maximum Gasteiger partial charge on any atom is 0.409 e. The number of anilines is 1. The maximum absolute atomic E-state index is 13.4. The Hall–Kier alpha value is -3.64. The van der Waals surface area contributed by atoms with Gasteiger partial charge in [-0.3, -0.25) is 15.1 Å². The summed E-state index contributed by atoms with van der Waals surface area (Å²) in [4.78, 5) is 29.0. The molecule has 0 saturated heterocycles. The van der Waals surface area contributed by atoms with E-state index >= 15 is 0 Å². The predicted octanol–water partition coefficient (Wildman–Crippen LogP) is 7.25. The van der Waals surface area contributed by atoms with Crippen LogP contribution in [-0.4, -0.2) is 29.3 Å². The van der Waals surface area contributed by atoms with Gasteiger partial charge in [0.05, 0.1) is 23.1 Å². The van der Waals surface area contributed by atoms with Gasteiger partial charge in [-0.1, -0.05) is 25.5 Å². The highest BCUT2D eigenvalue weighted by atomic mass is 79.9. The second-order valence-electron chi connectivity index (χ2n) is 9.86. The molecule has 0 radical (unpaired) electrons. The van der Waals surface area contributed by atoms with Crippen LogP contribution in [0.1, 0.15) is 63.5 Å². The number of hydrogen-bond acceptors (Lipinski definition) is 6. The summed E-state index contributed by atoms with van der Waals surface area (Å²) >= 11 is 3.64. The number of carbonyl (C=O) groups is 2. The number of benzene rings is 2. The predicted molar refractivity (Wildman–Crippen MR) is 152 cm³/mol. The van der Waals surface area contributed by atoms with E-state index in [1.165, 1.54) is 0 Å². The highest BCUT2D eigenvalue weighted by molar-refractivity contribution is 9.10. The fourth-order valence-electron chi connectivity index (χ4n) is 5.41. The van der Waals surface area contributed by atoms with Crippen LogP contribution in [0.25, 0.3) is 0 Å². The van der Waals surface area contributed by atoms with E-state index in [1.54, 1.807) is 24.3 Å². The largest absolute Gasteiger partial charge is 0.490 e. The van der Waals surface area contributed by atoms with Crippen LogP contribution in [0.2, 0.25) is 0 Å². The van der Waals surface area contributed by atoms with Crippen LogP contribution < -0.4 is 14.8 Å². The first-order chi connectivity index (χ1) is 18.7. The number of Topliss-reactive ketones (excluding diaryl/α,β-unsaturated/α-hetero) is 1. The number of aliphatic imine (C=N–C) groups is 1. The van der Waals surface area contributed by atoms with Crippen LogP contribution in [0, 0.1) is 23.2 Å². The number of nitriles is 1. The van der Waals surface area contributed by atoms with E-state index < -0.39 is 17.9 Å². The SMILES string of the molecule is CCCC1CC(=O)C2=C(C1)N=C(C)C(C#N)C2c1cc(Br)c(OCc2ccc(NC(=O)O)cc2)c(OCC)c1. The van der Waals surface area contributed by atoms with Gasteiger partial charge in [0, 0.05) is 35.0 Å². The second kappa shape index (κ2) is 12.5. The Kier molecular flexibility index (Phi) is 9.08. The van der Waals surface area contributed by atoms with Crippen molar-refractivity contribution < 1.29 is 24.2 Å². The number of ether oxygens (including phenoxy) is 2. The van der Waals surface area contributed by atoms with E-state index in [-0.39, 0.29) is 18.3 Å². The number of nitrogens with one attached hydrogen (secondary N) is 1. The molecule has 1 aliphatic heterocycles. The van der Waals surface area contributed by atoms with Crippen LogP contribution in [0.3, 0.4) is 0 Å². The summed E-state index contributed by atoms with van der Waals surface area (Å²) in [5.41, 5.74) is 4.31. The van der Waals surface area contributed by atoms with Crippen LogP contribution in [-0.2, 0) is 11.4 Å². The number of nitrogens with zero attached hydrogens (tertiary/aromatic N) is 2. The molecular formula is C30H32BrN3O5. The van der Waals surface area contributed by atoms with Crippen molar-refractivity contribution in [2.24, 2.45) is 16.8 Å². The van der Waals surface area contributed by atoms with Gasteiger partial charge in [-0.2, -0.15) is 5.26 Å². The van der Waals surface area contributed by atoms with Gasteiger partial charge >= 0.3 is 6.09 Å². The minimum atomic E-state index is -1.12. The minimum absolute atomic E-state index is 0.0754. The van der Waals surface area contributed by atoms with Crippen LogP contribution in [0.15, 0.2) is 57.1 Å². The van der Waals surface area contributed by atoms with Crippen molar-refractivity contribution >= 4 is 39.2 Å². The standard InChI is InChI=1S/C30H32BrN3O5/c1-4-6-19-11-24-28(25(35)12-19)27(22(15-32)17(3)33-24)20-13-23(31)29(26(14-20)38-5-2)39-16-18-7-9-21(10-8-18)34-30(36)37/h7-10,13-14,19,22,27,34H,4-6,11-12,16H2,1-3H3,(H,36,37). The Labute approximate surface area is 236 Å².